The maximum Gasteiger partial charge on any atom is 0.416 e. The monoisotopic (exact) mass is 2110 g/mol. The van der Waals surface area contributed by atoms with Gasteiger partial charge in [0.15, 0.2) is 0 Å². The number of halogens is 8. The molecule has 0 saturated carbocycles. The highest BCUT2D eigenvalue weighted by Gasteiger charge is 2.41. The second kappa shape index (κ2) is 43.9. The fraction of sp³-hybridized carbons (Fsp3) is 0.196. The minimum Gasteiger partial charge on any atom is -0.497 e. The Bertz CT molecular complexity index is 7270. The molecule has 0 bridgehead atoms. The third kappa shape index (κ3) is 22.2. The number of amides is 4. The first kappa shape index (κ1) is 96.7. The van der Waals surface area contributed by atoms with E-state index in [0.29, 0.717) is 112 Å². The van der Waals surface area contributed by atoms with E-state index in [-0.39, 0.29) is 37.1 Å². The van der Waals surface area contributed by atoms with Gasteiger partial charge in [0, 0.05) is 152 Å². The molecule has 0 fully saturated rings. The largest absolute Gasteiger partial charge is 0.497 e. The Hall–Kier alpha value is -13.5. The van der Waals surface area contributed by atoms with Gasteiger partial charge in [0.25, 0.3) is 0 Å². The first-order valence-electron chi connectivity index (χ1n) is 45.1. The Morgan fingerprint density at radius 2 is 0.686 bits per heavy atom. The lowest BCUT2D eigenvalue weighted by Crippen LogP contribution is -2.42. The Balaban J connectivity index is 0.000000124. The van der Waals surface area contributed by atoms with E-state index in [9.17, 15) is 28.7 Å². The van der Waals surface area contributed by atoms with Gasteiger partial charge in [0.1, 0.15) is 76.0 Å². The molecule has 9 heterocycles. The van der Waals surface area contributed by atoms with Crippen molar-refractivity contribution in [1.82, 2.24) is 54.5 Å². The Kier molecular flexibility index (Phi) is 30.3. The van der Waals surface area contributed by atoms with Crippen molar-refractivity contribution in [3.8, 4) is 46.0 Å². The van der Waals surface area contributed by atoms with Crippen LogP contribution in [0.3, 0.4) is 0 Å². The molecule has 25 nitrogen and oxygen atoms in total. The molecular weight excluding hydrogens is 2020 g/mol. The Labute approximate surface area is 845 Å². The molecule has 140 heavy (non-hydrogen) atoms. The summed E-state index contributed by atoms with van der Waals surface area (Å²) in [6, 6.07) is 78.9. The number of rotatable bonds is 20. The standard InChI is InChI=1S/C29H25ClFN5O3.C28H26BrClN2O5.C25H20BrClN2O3.C25H20Cl2N2O3/c30-20-4-11-26-25(18-20)24-12-15-36(29(37)39-23-9-5-21(31)6-10-23)28(27(24)33-26)19-2-7-22(8-3-19)38-17-1-14-35-16-13-32-34-35;29-18-3-10-25-24(15-18)23-11-13-32(28(35)37-22-8-4-19(30)5-9-22)27(26(23)31-25)17-1-6-21(7-2-17)36-14-12-20(34)16-33;1-31-18-7-9-19(10-8-18)32-25(30)29-13-12-20-21-14-16(26)4-11-22(21)28-23(20)24(29)15-2-5-17(27)6-3-15;1-31-18-7-2-15(3-8-18)24-23-20(21-14-17(27)6-11-22(21)28-23)12-13-29(24)25(30)32-19-9-4-16(26)5-10-19/h2-11,13,16,18,28,33H,1,12,14-15,17H2;1-10,15,20,27,31,33-34H,11-14,16H2;2*2-11,14,24,28H,12-13H2,1H3/t28-;20-,27?;2*24-/m1011/s1. The highest BCUT2D eigenvalue weighted by Crippen LogP contribution is 2.47. The van der Waals surface area contributed by atoms with Gasteiger partial charge in [0.05, 0.1) is 46.3 Å². The smallest absolute Gasteiger partial charge is 0.416 e. The number of aliphatic hydroxyl groups is 2. The second-order valence-electron chi connectivity index (χ2n) is 33.5. The zero-order valence-electron chi connectivity index (χ0n) is 75.3. The second-order valence-corrected chi connectivity index (χ2v) is 37.5. The Morgan fingerprint density at radius 3 is 1.03 bits per heavy atom. The van der Waals surface area contributed by atoms with Gasteiger partial charge >= 0.3 is 24.4 Å². The van der Waals surface area contributed by atoms with Crippen LogP contribution in [0, 0.1) is 5.82 Å². The van der Waals surface area contributed by atoms with E-state index in [1.54, 1.807) is 117 Å². The number of nitrogens with one attached hydrogen (secondary N) is 4. The number of aliphatic hydroxyl groups excluding tert-OH is 2. The lowest BCUT2D eigenvalue weighted by Gasteiger charge is -2.35. The fourth-order valence-electron chi connectivity index (χ4n) is 18.1. The lowest BCUT2D eigenvalue weighted by molar-refractivity contribution is 0.0754. The van der Waals surface area contributed by atoms with Crippen LogP contribution in [0.5, 0.6) is 46.0 Å². The van der Waals surface area contributed by atoms with E-state index in [1.165, 1.54) is 41.0 Å². The number of H-pyrrole nitrogens is 4. The molecule has 0 spiro atoms. The number of fused-ring (bicyclic) bond motifs is 12. The average Bonchev–Trinajstić information content (AvgIpc) is 1.61. The quantitative estimate of drug-likeness (QED) is 0.0387. The molecule has 17 aromatic rings. The molecular formula is C107H91Br2Cl5FN11O14. The Morgan fingerprint density at radius 1 is 0.393 bits per heavy atom. The van der Waals surface area contributed by atoms with Crippen molar-refractivity contribution in [2.75, 3.05) is 60.2 Å². The van der Waals surface area contributed by atoms with Gasteiger partial charge in [-0.2, -0.15) is 0 Å². The summed E-state index contributed by atoms with van der Waals surface area (Å²) in [6.45, 7) is 3.22. The van der Waals surface area contributed by atoms with Crippen molar-refractivity contribution in [3.05, 3.63) is 386 Å². The molecule has 5 atom stereocenters. The topological polar surface area (TPSA) is 289 Å². The summed E-state index contributed by atoms with van der Waals surface area (Å²) in [5, 5.41) is 33.8. The maximum absolute atomic E-state index is 13.4. The van der Waals surface area contributed by atoms with Crippen molar-refractivity contribution in [3.63, 3.8) is 0 Å². The molecule has 0 radical (unpaired) electrons. The van der Waals surface area contributed by atoms with E-state index >= 15 is 0 Å². The number of benzene rings is 12. The van der Waals surface area contributed by atoms with Crippen molar-refractivity contribution in [2.45, 2.75) is 75.3 Å². The third-order valence-electron chi connectivity index (χ3n) is 24.8. The molecule has 21 rings (SSSR count). The normalized spacial score (nSPS) is 15.4. The van der Waals surface area contributed by atoms with Gasteiger partial charge in [0.2, 0.25) is 0 Å². The average molecular weight is 2110 g/mol. The van der Waals surface area contributed by atoms with Crippen LogP contribution in [-0.4, -0.2) is 155 Å². The number of hydrogen-bond donors (Lipinski definition) is 6. The van der Waals surface area contributed by atoms with Crippen molar-refractivity contribution < 1.29 is 71.7 Å². The molecule has 0 aliphatic carbocycles. The molecule has 6 N–H and O–H groups in total. The highest BCUT2D eigenvalue weighted by molar-refractivity contribution is 9.10. The van der Waals surface area contributed by atoms with Gasteiger partial charge in [-0.3, -0.25) is 24.3 Å². The minimum atomic E-state index is -0.804. The minimum absolute atomic E-state index is 0.281. The van der Waals surface area contributed by atoms with Crippen LogP contribution in [0.15, 0.2) is 288 Å². The third-order valence-corrected chi connectivity index (χ3v) is 27.0. The summed E-state index contributed by atoms with van der Waals surface area (Å²) in [6.07, 6.45) is 4.75. The maximum atomic E-state index is 13.4. The molecule has 0 saturated heterocycles. The first-order chi connectivity index (χ1) is 68.0. The number of aromatic amines is 4. The first-order valence-corrected chi connectivity index (χ1v) is 48.5. The van der Waals surface area contributed by atoms with E-state index in [1.807, 2.05) is 158 Å². The summed E-state index contributed by atoms with van der Waals surface area (Å²) in [5.74, 6) is 4.06. The van der Waals surface area contributed by atoms with Crippen LogP contribution < -0.4 is 37.9 Å². The van der Waals surface area contributed by atoms with Gasteiger partial charge in [-0.25, -0.2) is 23.6 Å². The zero-order chi connectivity index (χ0) is 97.2. The predicted octanol–water partition coefficient (Wildman–Crippen LogP) is 25.4. The van der Waals surface area contributed by atoms with Crippen LogP contribution >= 0.6 is 89.9 Å². The number of nitrogens with zero attached hydrogens (tertiary/aromatic N) is 7. The summed E-state index contributed by atoms with van der Waals surface area (Å²) < 4.78 is 62.0. The van der Waals surface area contributed by atoms with Crippen molar-refractivity contribution >= 4 is 158 Å². The molecule has 5 aromatic heterocycles. The van der Waals surface area contributed by atoms with Gasteiger partial charge in [-0.15, -0.1) is 5.10 Å². The van der Waals surface area contributed by atoms with Crippen molar-refractivity contribution in [1.29, 1.82) is 0 Å². The van der Waals surface area contributed by atoms with Crippen LogP contribution in [-0.2, 0) is 32.2 Å². The van der Waals surface area contributed by atoms with Crippen LogP contribution in [0.2, 0.25) is 25.1 Å². The molecule has 4 aliphatic heterocycles. The highest BCUT2D eigenvalue weighted by atomic mass is 79.9. The number of ether oxygens (including phenoxy) is 8. The SMILES string of the molecule is COc1ccc(OC(=O)N2CCc3c([nH]c4ccc(Br)cc34)[C@H]2c2ccc(Cl)cc2)cc1.COc1ccc([C@@H]2c3[nH]c4ccc(Cl)cc4c3CCN2C(=O)Oc2ccc(Cl)cc2)cc1.O=C(Oc1ccc(Cl)cc1)N1CCc2c([nH]c3ccc(Br)cc23)C1c1ccc(OCC[C@H](O)CO)cc1.O=C(Oc1ccc(F)cc1)N1CCc2c([nH]c3ccc(Cl)cc23)[C@H]1c1ccc(OCCCn2ccnn2)cc1. The number of carbonyl (C=O) groups excluding carboxylic acids is 4. The summed E-state index contributed by atoms with van der Waals surface area (Å²) in [4.78, 5) is 74.4. The van der Waals surface area contributed by atoms with E-state index < -0.39 is 42.3 Å². The molecule has 12 aromatic carbocycles. The van der Waals surface area contributed by atoms with Crippen LogP contribution in [0.25, 0.3) is 43.6 Å². The predicted molar refractivity (Wildman–Crippen MR) is 545 cm³/mol. The van der Waals surface area contributed by atoms with Gasteiger partial charge in [-0.1, -0.05) is 144 Å². The number of carbonyl (C=O) groups is 4. The number of methoxy groups -OCH3 is 2. The molecule has 1 unspecified atom stereocenters. The summed E-state index contributed by atoms with van der Waals surface area (Å²) >= 11 is 37.8. The number of hydrogen-bond acceptors (Lipinski definition) is 16. The van der Waals surface area contributed by atoms with E-state index in [2.05, 4.69) is 80.3 Å². The number of aromatic nitrogens is 7. The fourth-order valence-corrected chi connectivity index (χ4v) is 19.5. The zero-order valence-corrected chi connectivity index (χ0v) is 82.2. The van der Waals surface area contributed by atoms with Gasteiger partial charge in [-0.05, 0) is 289 Å². The van der Waals surface area contributed by atoms with E-state index in [0.717, 1.165) is 134 Å². The van der Waals surface area contributed by atoms with Crippen LogP contribution in [0.4, 0.5) is 23.6 Å². The molecule has 4 aliphatic rings. The van der Waals surface area contributed by atoms with Crippen molar-refractivity contribution in [2.24, 2.45) is 0 Å². The number of aryl methyl sites for hydroxylation is 1. The summed E-state index contributed by atoms with van der Waals surface area (Å²) in [5.41, 5.74) is 16.2. The summed E-state index contributed by atoms with van der Waals surface area (Å²) in [7, 11) is 3.23. The molecule has 714 valence electrons. The lowest BCUT2D eigenvalue weighted by atomic mass is 9.92. The van der Waals surface area contributed by atoms with Gasteiger partial charge < -0.3 is 68.0 Å². The van der Waals surface area contributed by atoms with Crippen LogP contribution in [0.1, 0.15) is 104 Å². The molecule has 4 amide bonds. The molecule has 33 heteroatoms. The van der Waals surface area contributed by atoms with E-state index in [4.69, 9.17) is 101 Å².